The second-order valence-electron chi connectivity index (χ2n) is 5.93. The smallest absolute Gasteiger partial charge is 0.251 e. The van der Waals surface area contributed by atoms with Crippen LogP contribution in [0.15, 0.2) is 29.2 Å². The minimum Gasteiger partial charge on any atom is -0.383 e. The zero-order valence-electron chi connectivity index (χ0n) is 13.8. The predicted octanol–water partition coefficient (Wildman–Crippen LogP) is 0.469. The summed E-state index contributed by atoms with van der Waals surface area (Å²) < 4.78 is 31.7. The Balaban J connectivity index is 2.07. The second-order valence-corrected chi connectivity index (χ2v) is 7.69. The number of benzene rings is 1. The molecule has 0 saturated heterocycles. The molecule has 1 aliphatic rings. The monoisotopic (exact) mass is 355 g/mol. The Kier molecular flexibility index (Phi) is 6.73. The van der Waals surface area contributed by atoms with Gasteiger partial charge in [0.15, 0.2) is 0 Å². The first kappa shape index (κ1) is 18.9. The van der Waals surface area contributed by atoms with E-state index < -0.39 is 10.0 Å². The van der Waals surface area contributed by atoms with Crippen LogP contribution in [0, 0.1) is 5.92 Å². The molecule has 7 nitrogen and oxygen atoms in total. The number of nitrogens with one attached hydrogen (secondary N) is 2. The van der Waals surface area contributed by atoms with E-state index in [0.29, 0.717) is 12.1 Å². The summed E-state index contributed by atoms with van der Waals surface area (Å²) in [4.78, 5) is 12.5. The number of ether oxygens (including phenoxy) is 1. The summed E-state index contributed by atoms with van der Waals surface area (Å²) in [6, 6.07) is 6.08. The van der Waals surface area contributed by atoms with E-state index in [0.717, 1.165) is 19.3 Å². The second kappa shape index (κ2) is 8.57. The average Bonchev–Trinajstić information content (AvgIpc) is 3.02. The molecule has 1 amide bonds. The van der Waals surface area contributed by atoms with Gasteiger partial charge in [0, 0.05) is 25.3 Å². The van der Waals surface area contributed by atoms with Crippen LogP contribution >= 0.6 is 0 Å². The minimum atomic E-state index is -3.66. The van der Waals surface area contributed by atoms with Gasteiger partial charge in [0.2, 0.25) is 10.0 Å². The van der Waals surface area contributed by atoms with Gasteiger partial charge in [-0.05, 0) is 43.5 Å². The molecule has 24 heavy (non-hydrogen) atoms. The van der Waals surface area contributed by atoms with Gasteiger partial charge in [-0.1, -0.05) is 12.5 Å². The van der Waals surface area contributed by atoms with Crippen LogP contribution in [0.4, 0.5) is 0 Å². The number of nitrogens with two attached hydrogens (primary N) is 1. The summed E-state index contributed by atoms with van der Waals surface area (Å²) in [5.41, 5.74) is 6.05. The van der Waals surface area contributed by atoms with Crippen LogP contribution in [0.1, 0.15) is 29.6 Å². The van der Waals surface area contributed by atoms with E-state index in [1.165, 1.54) is 19.2 Å². The maximum absolute atomic E-state index is 12.4. The lowest BCUT2D eigenvalue weighted by Gasteiger charge is -2.19. The molecule has 0 bridgehead atoms. The Labute approximate surface area is 143 Å². The fourth-order valence-corrected chi connectivity index (χ4v) is 3.99. The molecule has 1 aromatic rings. The summed E-state index contributed by atoms with van der Waals surface area (Å²) in [6.45, 7) is 1.000. The molecule has 0 aromatic heterocycles. The van der Waals surface area contributed by atoms with Crippen molar-refractivity contribution in [3.63, 3.8) is 0 Å². The Hall–Kier alpha value is -1.48. The van der Waals surface area contributed by atoms with Crippen LogP contribution in [0.2, 0.25) is 0 Å². The molecule has 2 atom stereocenters. The molecule has 1 fully saturated rings. The molecular formula is C16H25N3O4S. The third-order valence-corrected chi connectivity index (χ3v) is 5.74. The topological polar surface area (TPSA) is 111 Å². The van der Waals surface area contributed by atoms with E-state index in [4.69, 9.17) is 10.5 Å². The standard InChI is InChI=1S/C16H25N3O4S/c1-23-9-8-18-24(21,22)14-6-2-4-12(10-14)16(20)19-15-7-3-5-13(15)11-17/h2,4,6,10,13,15,18H,3,5,7-9,11,17H2,1H3,(H,19,20). The van der Waals surface area contributed by atoms with Crippen molar-refractivity contribution in [1.29, 1.82) is 0 Å². The van der Waals surface area contributed by atoms with E-state index in [1.54, 1.807) is 12.1 Å². The highest BCUT2D eigenvalue weighted by molar-refractivity contribution is 7.89. The van der Waals surface area contributed by atoms with Crippen molar-refractivity contribution in [1.82, 2.24) is 10.0 Å². The normalized spacial score (nSPS) is 20.9. The van der Waals surface area contributed by atoms with Crippen molar-refractivity contribution in [2.75, 3.05) is 26.8 Å². The number of rotatable bonds is 8. The first-order valence-corrected chi connectivity index (χ1v) is 9.56. The van der Waals surface area contributed by atoms with E-state index >= 15 is 0 Å². The maximum Gasteiger partial charge on any atom is 0.251 e. The van der Waals surface area contributed by atoms with Crippen LogP contribution in [-0.2, 0) is 14.8 Å². The molecular weight excluding hydrogens is 330 g/mol. The Bertz CT molecular complexity index is 663. The molecule has 2 rings (SSSR count). The summed E-state index contributed by atoms with van der Waals surface area (Å²) in [7, 11) is -2.16. The van der Waals surface area contributed by atoms with Crippen LogP contribution in [0.25, 0.3) is 0 Å². The lowest BCUT2D eigenvalue weighted by atomic mass is 10.0. The van der Waals surface area contributed by atoms with Gasteiger partial charge in [0.25, 0.3) is 5.91 Å². The van der Waals surface area contributed by atoms with Gasteiger partial charge in [-0.3, -0.25) is 4.79 Å². The molecule has 8 heteroatoms. The molecule has 0 heterocycles. The van der Waals surface area contributed by atoms with Crippen molar-refractivity contribution in [2.24, 2.45) is 11.7 Å². The van der Waals surface area contributed by atoms with Crippen LogP contribution in [-0.4, -0.2) is 47.2 Å². The maximum atomic E-state index is 12.4. The lowest BCUT2D eigenvalue weighted by Crippen LogP contribution is -2.39. The predicted molar refractivity (Wildman–Crippen MR) is 91.2 cm³/mol. The number of hydrogen-bond donors (Lipinski definition) is 3. The van der Waals surface area contributed by atoms with Crippen LogP contribution in [0.3, 0.4) is 0 Å². The van der Waals surface area contributed by atoms with Gasteiger partial charge < -0.3 is 15.8 Å². The van der Waals surface area contributed by atoms with E-state index in [2.05, 4.69) is 10.0 Å². The Morgan fingerprint density at radius 3 is 2.88 bits per heavy atom. The van der Waals surface area contributed by atoms with Gasteiger partial charge in [0.1, 0.15) is 0 Å². The summed E-state index contributed by atoms with van der Waals surface area (Å²) in [5.74, 6) is 0.0193. The van der Waals surface area contributed by atoms with Crippen molar-refractivity contribution in [2.45, 2.75) is 30.2 Å². The number of hydrogen-bond acceptors (Lipinski definition) is 5. The van der Waals surface area contributed by atoms with E-state index in [1.807, 2.05) is 0 Å². The molecule has 1 aromatic carbocycles. The third kappa shape index (κ3) is 4.76. The van der Waals surface area contributed by atoms with Gasteiger partial charge in [-0.25, -0.2) is 13.1 Å². The SMILES string of the molecule is COCCNS(=O)(=O)c1cccc(C(=O)NC2CCCC2CN)c1. The fourth-order valence-electron chi connectivity index (χ4n) is 2.93. The third-order valence-electron chi connectivity index (χ3n) is 4.28. The van der Waals surface area contributed by atoms with Crippen molar-refractivity contribution in [3.05, 3.63) is 29.8 Å². The molecule has 0 aliphatic heterocycles. The van der Waals surface area contributed by atoms with E-state index in [9.17, 15) is 13.2 Å². The van der Waals surface area contributed by atoms with Gasteiger partial charge in [-0.15, -0.1) is 0 Å². The molecule has 0 spiro atoms. The van der Waals surface area contributed by atoms with Gasteiger partial charge in [-0.2, -0.15) is 0 Å². The first-order chi connectivity index (χ1) is 11.5. The quantitative estimate of drug-likeness (QED) is 0.587. The van der Waals surface area contributed by atoms with Gasteiger partial charge >= 0.3 is 0 Å². The number of sulfonamides is 1. The number of carbonyl (C=O) groups excluding carboxylic acids is 1. The summed E-state index contributed by atoms with van der Waals surface area (Å²) in [5, 5.41) is 2.97. The molecule has 0 radical (unpaired) electrons. The van der Waals surface area contributed by atoms with Crippen molar-refractivity contribution < 1.29 is 17.9 Å². The van der Waals surface area contributed by atoms with Gasteiger partial charge in [0.05, 0.1) is 11.5 Å². The summed E-state index contributed by atoms with van der Waals surface area (Å²) in [6.07, 6.45) is 2.97. The summed E-state index contributed by atoms with van der Waals surface area (Å²) >= 11 is 0. The minimum absolute atomic E-state index is 0.0580. The van der Waals surface area contributed by atoms with Crippen LogP contribution in [0.5, 0.6) is 0 Å². The van der Waals surface area contributed by atoms with Crippen LogP contribution < -0.4 is 15.8 Å². The highest BCUT2D eigenvalue weighted by atomic mass is 32.2. The first-order valence-electron chi connectivity index (χ1n) is 8.07. The number of amides is 1. The fraction of sp³-hybridized carbons (Fsp3) is 0.562. The molecule has 4 N–H and O–H groups in total. The largest absolute Gasteiger partial charge is 0.383 e. The van der Waals surface area contributed by atoms with Crippen molar-refractivity contribution in [3.8, 4) is 0 Å². The highest BCUT2D eigenvalue weighted by Gasteiger charge is 2.27. The average molecular weight is 355 g/mol. The molecule has 1 saturated carbocycles. The van der Waals surface area contributed by atoms with E-state index in [-0.39, 0.29) is 35.9 Å². The zero-order chi connectivity index (χ0) is 17.6. The molecule has 2 unspecified atom stereocenters. The lowest BCUT2D eigenvalue weighted by molar-refractivity contribution is 0.0928. The van der Waals surface area contributed by atoms with Crippen molar-refractivity contribution >= 4 is 15.9 Å². The molecule has 134 valence electrons. The number of methoxy groups -OCH3 is 1. The Morgan fingerprint density at radius 1 is 1.38 bits per heavy atom. The Morgan fingerprint density at radius 2 is 2.17 bits per heavy atom. The highest BCUT2D eigenvalue weighted by Crippen LogP contribution is 2.25. The molecule has 1 aliphatic carbocycles. The number of carbonyl (C=O) groups is 1. The zero-order valence-corrected chi connectivity index (χ0v) is 14.6.